The van der Waals surface area contributed by atoms with Gasteiger partial charge in [0.2, 0.25) is 5.91 Å². The van der Waals surface area contributed by atoms with Crippen molar-refractivity contribution in [2.24, 2.45) is 0 Å². The molecule has 2 amide bonds. The van der Waals surface area contributed by atoms with E-state index in [4.69, 9.17) is 4.74 Å². The summed E-state index contributed by atoms with van der Waals surface area (Å²) in [6, 6.07) is 6.09. The van der Waals surface area contributed by atoms with Crippen LogP contribution < -0.4 is 10.1 Å². The highest BCUT2D eigenvalue weighted by atomic mass is 16.5. The summed E-state index contributed by atoms with van der Waals surface area (Å²) in [5, 5.41) is 2.84. The fraction of sp³-hybridized carbons (Fsp3) is 0.556. The Bertz CT molecular complexity index is 586. The maximum absolute atomic E-state index is 11.8. The average molecular weight is 316 g/mol. The molecule has 1 aromatic carbocycles. The van der Waals surface area contributed by atoms with Gasteiger partial charge in [0.25, 0.3) is 5.91 Å². The molecule has 0 atom stereocenters. The third-order valence-corrected chi connectivity index (χ3v) is 4.54. The molecule has 0 unspecified atom stereocenters. The first-order chi connectivity index (χ1) is 11.2. The summed E-state index contributed by atoms with van der Waals surface area (Å²) in [5.74, 6) is 0.887. The molecule has 1 N–H and O–H groups in total. The van der Waals surface area contributed by atoms with Crippen LogP contribution in [0.5, 0.6) is 5.75 Å². The number of likely N-dealkylation sites (tertiary alicyclic amines) is 1. The molecule has 1 fully saturated rings. The molecule has 0 bridgehead atoms. The van der Waals surface area contributed by atoms with Crippen LogP contribution in [-0.2, 0) is 22.4 Å². The summed E-state index contributed by atoms with van der Waals surface area (Å²) in [6.45, 7) is 2.20. The first-order valence-electron chi connectivity index (χ1n) is 8.51. The van der Waals surface area contributed by atoms with E-state index in [-0.39, 0.29) is 18.4 Å². The van der Waals surface area contributed by atoms with E-state index < -0.39 is 0 Å². The van der Waals surface area contributed by atoms with Crippen LogP contribution in [0.4, 0.5) is 0 Å². The Balaban J connectivity index is 1.32. The predicted molar refractivity (Wildman–Crippen MR) is 87.4 cm³/mol. The Morgan fingerprint density at radius 2 is 2.04 bits per heavy atom. The monoisotopic (exact) mass is 316 g/mol. The van der Waals surface area contributed by atoms with E-state index in [2.05, 4.69) is 17.4 Å². The summed E-state index contributed by atoms with van der Waals surface area (Å²) >= 11 is 0. The van der Waals surface area contributed by atoms with Gasteiger partial charge in [-0.2, -0.15) is 0 Å². The minimum atomic E-state index is -0.113. The van der Waals surface area contributed by atoms with Gasteiger partial charge in [0, 0.05) is 26.1 Å². The second-order valence-corrected chi connectivity index (χ2v) is 6.26. The Labute approximate surface area is 137 Å². The quantitative estimate of drug-likeness (QED) is 0.779. The van der Waals surface area contributed by atoms with E-state index in [0.717, 1.165) is 44.5 Å². The molecule has 2 aliphatic rings. The Kier molecular flexibility index (Phi) is 5.16. The standard InChI is InChI=1S/C18H24N2O3/c21-17(19-9-3-11-20-10-2-6-18(20)22)13-23-16-8-7-14-4-1-5-15(14)12-16/h7-8,12H,1-6,9-11,13H2,(H,19,21). The lowest BCUT2D eigenvalue weighted by Crippen LogP contribution is -2.33. The van der Waals surface area contributed by atoms with E-state index in [0.29, 0.717) is 13.0 Å². The van der Waals surface area contributed by atoms with E-state index >= 15 is 0 Å². The summed E-state index contributed by atoms with van der Waals surface area (Å²) in [5.41, 5.74) is 2.75. The zero-order valence-electron chi connectivity index (χ0n) is 13.5. The van der Waals surface area contributed by atoms with Gasteiger partial charge in [0.1, 0.15) is 5.75 Å². The lowest BCUT2D eigenvalue weighted by molar-refractivity contribution is -0.127. The fourth-order valence-electron chi connectivity index (χ4n) is 3.28. The molecule has 1 aromatic rings. The van der Waals surface area contributed by atoms with Crippen molar-refractivity contribution in [1.82, 2.24) is 10.2 Å². The molecule has 1 heterocycles. The van der Waals surface area contributed by atoms with Crippen molar-refractivity contribution in [3.63, 3.8) is 0 Å². The van der Waals surface area contributed by atoms with E-state index in [1.54, 1.807) is 0 Å². The third kappa shape index (κ3) is 4.24. The maximum Gasteiger partial charge on any atom is 0.257 e. The summed E-state index contributed by atoms with van der Waals surface area (Å²) in [4.78, 5) is 25.1. The van der Waals surface area contributed by atoms with Gasteiger partial charge >= 0.3 is 0 Å². The number of carbonyl (C=O) groups excluding carboxylic acids is 2. The van der Waals surface area contributed by atoms with Crippen LogP contribution >= 0.6 is 0 Å². The number of rotatable bonds is 7. The minimum absolute atomic E-state index is 0.0431. The smallest absolute Gasteiger partial charge is 0.257 e. The average Bonchev–Trinajstić information content (AvgIpc) is 3.18. The van der Waals surface area contributed by atoms with Gasteiger partial charge in [-0.05, 0) is 55.4 Å². The third-order valence-electron chi connectivity index (χ3n) is 4.54. The number of nitrogens with zero attached hydrogens (tertiary/aromatic N) is 1. The Morgan fingerprint density at radius 1 is 1.17 bits per heavy atom. The van der Waals surface area contributed by atoms with Crippen molar-refractivity contribution in [3.05, 3.63) is 29.3 Å². The molecule has 1 aliphatic heterocycles. The summed E-state index contributed by atoms with van der Waals surface area (Å²) in [7, 11) is 0. The molecule has 0 radical (unpaired) electrons. The Morgan fingerprint density at radius 3 is 2.87 bits per heavy atom. The van der Waals surface area contributed by atoms with Gasteiger partial charge in [0.15, 0.2) is 6.61 Å². The molecule has 23 heavy (non-hydrogen) atoms. The maximum atomic E-state index is 11.8. The van der Waals surface area contributed by atoms with E-state index in [1.165, 1.54) is 17.5 Å². The highest BCUT2D eigenvalue weighted by molar-refractivity contribution is 5.78. The van der Waals surface area contributed by atoms with Gasteiger partial charge in [-0.3, -0.25) is 9.59 Å². The normalized spacial score (nSPS) is 16.5. The van der Waals surface area contributed by atoms with Crippen LogP contribution in [-0.4, -0.2) is 43.0 Å². The fourth-order valence-corrected chi connectivity index (χ4v) is 3.28. The Hall–Kier alpha value is -2.04. The number of nitrogens with one attached hydrogen (secondary N) is 1. The summed E-state index contributed by atoms with van der Waals surface area (Å²) < 4.78 is 5.56. The number of aryl methyl sites for hydroxylation is 2. The van der Waals surface area contributed by atoms with E-state index in [1.807, 2.05) is 11.0 Å². The predicted octanol–water partition coefficient (Wildman–Crippen LogP) is 1.68. The van der Waals surface area contributed by atoms with Crippen molar-refractivity contribution in [1.29, 1.82) is 0 Å². The van der Waals surface area contributed by atoms with Crippen molar-refractivity contribution in [2.45, 2.75) is 38.5 Å². The number of benzene rings is 1. The minimum Gasteiger partial charge on any atom is -0.484 e. The number of ether oxygens (including phenoxy) is 1. The molecule has 5 heteroatoms. The number of hydrogen-bond donors (Lipinski definition) is 1. The summed E-state index contributed by atoms with van der Waals surface area (Å²) in [6.07, 6.45) is 5.87. The molecule has 5 nitrogen and oxygen atoms in total. The van der Waals surface area contributed by atoms with Crippen molar-refractivity contribution in [3.8, 4) is 5.75 Å². The zero-order chi connectivity index (χ0) is 16.1. The topological polar surface area (TPSA) is 58.6 Å². The molecule has 1 aliphatic carbocycles. The zero-order valence-corrected chi connectivity index (χ0v) is 13.5. The SMILES string of the molecule is O=C(COc1ccc2c(c1)CCC2)NCCCN1CCCC1=O. The number of hydrogen-bond acceptors (Lipinski definition) is 3. The van der Waals surface area contributed by atoms with Crippen LogP contribution in [0.2, 0.25) is 0 Å². The highest BCUT2D eigenvalue weighted by Gasteiger charge is 2.19. The van der Waals surface area contributed by atoms with Crippen LogP contribution in [0.1, 0.15) is 36.8 Å². The van der Waals surface area contributed by atoms with Crippen molar-refractivity contribution in [2.75, 3.05) is 26.2 Å². The van der Waals surface area contributed by atoms with E-state index in [9.17, 15) is 9.59 Å². The largest absolute Gasteiger partial charge is 0.484 e. The molecular formula is C18H24N2O3. The van der Waals surface area contributed by atoms with Crippen molar-refractivity contribution < 1.29 is 14.3 Å². The van der Waals surface area contributed by atoms with Gasteiger partial charge in [0.05, 0.1) is 0 Å². The van der Waals surface area contributed by atoms with Crippen LogP contribution in [0.25, 0.3) is 0 Å². The first-order valence-corrected chi connectivity index (χ1v) is 8.51. The molecule has 0 saturated carbocycles. The van der Waals surface area contributed by atoms with Gasteiger partial charge < -0.3 is 15.0 Å². The van der Waals surface area contributed by atoms with Gasteiger partial charge in [-0.25, -0.2) is 0 Å². The van der Waals surface area contributed by atoms with Crippen LogP contribution in [0.3, 0.4) is 0 Å². The van der Waals surface area contributed by atoms with Crippen LogP contribution in [0.15, 0.2) is 18.2 Å². The number of carbonyl (C=O) groups is 2. The van der Waals surface area contributed by atoms with Gasteiger partial charge in [-0.15, -0.1) is 0 Å². The highest BCUT2D eigenvalue weighted by Crippen LogP contribution is 2.25. The molecule has 0 aromatic heterocycles. The molecule has 0 spiro atoms. The van der Waals surface area contributed by atoms with Gasteiger partial charge in [-0.1, -0.05) is 6.07 Å². The first kappa shape index (κ1) is 15.8. The lowest BCUT2D eigenvalue weighted by Gasteiger charge is -2.15. The van der Waals surface area contributed by atoms with Crippen LogP contribution in [0, 0.1) is 0 Å². The molecule has 3 rings (SSSR count). The molecular weight excluding hydrogens is 292 g/mol. The number of amides is 2. The number of fused-ring (bicyclic) bond motifs is 1. The van der Waals surface area contributed by atoms with Crippen molar-refractivity contribution >= 4 is 11.8 Å². The lowest BCUT2D eigenvalue weighted by atomic mass is 10.1. The molecule has 124 valence electrons. The second kappa shape index (κ2) is 7.49. The second-order valence-electron chi connectivity index (χ2n) is 6.26. The molecule has 1 saturated heterocycles.